The molecule has 2 heterocycles. The number of anilines is 1. The quantitative estimate of drug-likeness (QED) is 0.592. The Labute approximate surface area is 167 Å². The van der Waals surface area contributed by atoms with Gasteiger partial charge in [0.15, 0.2) is 15.7 Å². The molecule has 0 bridgehead atoms. The van der Waals surface area contributed by atoms with Crippen LogP contribution in [0.15, 0.2) is 29.3 Å². The fourth-order valence-electron chi connectivity index (χ4n) is 3.59. The van der Waals surface area contributed by atoms with Crippen LogP contribution in [0.4, 0.5) is 14.6 Å². The summed E-state index contributed by atoms with van der Waals surface area (Å²) in [7, 11) is -3.87. The number of sulfone groups is 1. The second kappa shape index (κ2) is 7.37. The van der Waals surface area contributed by atoms with Crippen molar-refractivity contribution in [3.8, 4) is 0 Å². The lowest BCUT2D eigenvalue weighted by Gasteiger charge is -2.11. The molecule has 0 aliphatic heterocycles. The Balaban J connectivity index is 1.60. The predicted molar refractivity (Wildman–Crippen MR) is 106 cm³/mol. The molecular formula is C20H22F2N4O2S. The number of halogens is 2. The third-order valence-corrected chi connectivity index (χ3v) is 7.08. The molecule has 2 N–H and O–H groups in total. The topological polar surface area (TPSA) is 90.9 Å². The normalized spacial score (nSPS) is 14.6. The summed E-state index contributed by atoms with van der Waals surface area (Å²) in [6.45, 7) is 2.32. The standard InChI is InChI=1S/C20H22F2N4O2S/c1-12-11-24-20(23)18-19(12)26(17(25-18)9-13-3-4-13)7-2-8-29(27,28)16-6-5-14(21)10-15(16)22/h5-6,10-11,13H,2-4,7-9H2,1H3,(H2,23,24). The van der Waals surface area contributed by atoms with E-state index >= 15 is 0 Å². The van der Waals surface area contributed by atoms with E-state index in [1.165, 1.54) is 0 Å². The smallest absolute Gasteiger partial charge is 0.181 e. The maximum absolute atomic E-state index is 13.9. The zero-order chi connectivity index (χ0) is 20.8. The Bertz CT molecular complexity index is 1190. The minimum Gasteiger partial charge on any atom is -0.382 e. The van der Waals surface area contributed by atoms with Crippen LogP contribution in [0.25, 0.3) is 11.0 Å². The van der Waals surface area contributed by atoms with Crippen LogP contribution in [0.2, 0.25) is 0 Å². The highest BCUT2D eigenvalue weighted by atomic mass is 32.2. The molecule has 9 heteroatoms. The first-order valence-electron chi connectivity index (χ1n) is 9.54. The molecule has 29 heavy (non-hydrogen) atoms. The van der Waals surface area contributed by atoms with Gasteiger partial charge in [-0.1, -0.05) is 0 Å². The van der Waals surface area contributed by atoms with Gasteiger partial charge in [-0.3, -0.25) is 0 Å². The molecule has 0 amide bonds. The van der Waals surface area contributed by atoms with Crippen molar-refractivity contribution in [3.63, 3.8) is 0 Å². The van der Waals surface area contributed by atoms with Crippen molar-refractivity contribution in [3.05, 3.63) is 47.4 Å². The number of aromatic nitrogens is 3. The van der Waals surface area contributed by atoms with Crippen molar-refractivity contribution in [1.29, 1.82) is 0 Å². The third-order valence-electron chi connectivity index (χ3n) is 5.25. The summed E-state index contributed by atoms with van der Waals surface area (Å²) in [4.78, 5) is 8.37. The van der Waals surface area contributed by atoms with Gasteiger partial charge in [0.25, 0.3) is 0 Å². The number of benzene rings is 1. The SMILES string of the molecule is Cc1cnc(N)c2nc(CC3CC3)n(CCCS(=O)(=O)c3ccc(F)cc3F)c12. The van der Waals surface area contributed by atoms with Crippen LogP contribution in [0, 0.1) is 24.5 Å². The molecule has 1 fully saturated rings. The molecule has 0 radical (unpaired) electrons. The maximum Gasteiger partial charge on any atom is 0.181 e. The van der Waals surface area contributed by atoms with Crippen LogP contribution in [0.1, 0.15) is 30.7 Å². The summed E-state index contributed by atoms with van der Waals surface area (Å²) in [5.41, 5.74) is 8.41. The lowest BCUT2D eigenvalue weighted by Crippen LogP contribution is -2.13. The van der Waals surface area contributed by atoms with Crippen molar-refractivity contribution in [2.75, 3.05) is 11.5 Å². The van der Waals surface area contributed by atoms with Crippen molar-refractivity contribution in [2.45, 2.75) is 44.0 Å². The number of pyridine rings is 1. The number of fused-ring (bicyclic) bond motifs is 1. The number of nitrogens with zero attached hydrogens (tertiary/aromatic N) is 3. The number of imidazole rings is 1. The highest BCUT2D eigenvalue weighted by Crippen LogP contribution is 2.34. The van der Waals surface area contributed by atoms with Gasteiger partial charge in [-0.15, -0.1) is 0 Å². The van der Waals surface area contributed by atoms with Gasteiger partial charge in [0.2, 0.25) is 0 Å². The Hall–Kier alpha value is -2.55. The first-order chi connectivity index (χ1) is 13.8. The van der Waals surface area contributed by atoms with Gasteiger partial charge >= 0.3 is 0 Å². The Kier molecular flexibility index (Phi) is 5.02. The van der Waals surface area contributed by atoms with Gasteiger partial charge in [0.1, 0.15) is 27.9 Å². The Morgan fingerprint density at radius 1 is 1.28 bits per heavy atom. The number of nitrogen functional groups attached to an aromatic ring is 1. The monoisotopic (exact) mass is 420 g/mol. The third kappa shape index (κ3) is 3.96. The van der Waals surface area contributed by atoms with Crippen LogP contribution < -0.4 is 5.73 Å². The van der Waals surface area contributed by atoms with Crippen LogP contribution in [-0.2, 0) is 22.8 Å². The highest BCUT2D eigenvalue weighted by Gasteiger charge is 2.26. The molecule has 1 aromatic carbocycles. The predicted octanol–water partition coefficient (Wildman–Crippen LogP) is 3.42. The number of aryl methyl sites for hydroxylation is 2. The lowest BCUT2D eigenvalue weighted by molar-refractivity contribution is 0.546. The Morgan fingerprint density at radius 3 is 2.72 bits per heavy atom. The van der Waals surface area contributed by atoms with E-state index in [-0.39, 0.29) is 12.2 Å². The van der Waals surface area contributed by atoms with Gasteiger partial charge in [-0.05, 0) is 49.8 Å². The first-order valence-corrected chi connectivity index (χ1v) is 11.2. The van der Waals surface area contributed by atoms with E-state index < -0.39 is 26.4 Å². The number of nitrogens with two attached hydrogens (primary N) is 1. The van der Waals surface area contributed by atoms with Gasteiger partial charge in [0.05, 0.1) is 11.3 Å². The minimum absolute atomic E-state index is 0.252. The van der Waals surface area contributed by atoms with E-state index in [2.05, 4.69) is 9.97 Å². The second-order valence-corrected chi connectivity index (χ2v) is 9.68. The molecule has 0 atom stereocenters. The van der Waals surface area contributed by atoms with Gasteiger partial charge in [-0.2, -0.15) is 0 Å². The van der Waals surface area contributed by atoms with Crippen molar-refractivity contribution in [2.24, 2.45) is 5.92 Å². The molecular weight excluding hydrogens is 398 g/mol. The van der Waals surface area contributed by atoms with Gasteiger partial charge < -0.3 is 10.3 Å². The molecule has 4 rings (SSSR count). The summed E-state index contributed by atoms with van der Waals surface area (Å²) in [5.74, 6) is -0.312. The fraction of sp³-hybridized carbons (Fsp3) is 0.400. The van der Waals surface area contributed by atoms with E-state index in [4.69, 9.17) is 5.73 Å². The van der Waals surface area contributed by atoms with E-state index in [1.807, 2.05) is 11.5 Å². The molecule has 0 unspecified atom stereocenters. The summed E-state index contributed by atoms with van der Waals surface area (Å²) in [5, 5.41) is 0. The van der Waals surface area contributed by atoms with E-state index in [0.717, 1.165) is 48.3 Å². The first kappa shape index (κ1) is 19.8. The highest BCUT2D eigenvalue weighted by molar-refractivity contribution is 7.91. The van der Waals surface area contributed by atoms with Crippen LogP contribution in [0.5, 0.6) is 0 Å². The molecule has 6 nitrogen and oxygen atoms in total. The zero-order valence-corrected chi connectivity index (χ0v) is 16.8. The number of hydrogen-bond acceptors (Lipinski definition) is 5. The summed E-state index contributed by atoms with van der Waals surface area (Å²) >= 11 is 0. The van der Waals surface area contributed by atoms with E-state index in [1.54, 1.807) is 6.20 Å². The molecule has 1 aliphatic carbocycles. The average molecular weight is 420 g/mol. The van der Waals surface area contributed by atoms with E-state index in [9.17, 15) is 17.2 Å². The molecule has 3 aromatic rings. The Morgan fingerprint density at radius 2 is 2.03 bits per heavy atom. The molecule has 0 spiro atoms. The van der Waals surface area contributed by atoms with Crippen molar-refractivity contribution < 1.29 is 17.2 Å². The molecule has 0 saturated heterocycles. The zero-order valence-electron chi connectivity index (χ0n) is 16.0. The van der Waals surface area contributed by atoms with Gasteiger partial charge in [-0.25, -0.2) is 27.2 Å². The van der Waals surface area contributed by atoms with E-state index in [0.29, 0.717) is 29.9 Å². The number of rotatable bonds is 7. The second-order valence-electron chi connectivity index (χ2n) is 7.60. The van der Waals surface area contributed by atoms with Crippen LogP contribution in [0.3, 0.4) is 0 Å². The fourth-order valence-corrected chi connectivity index (χ4v) is 4.95. The van der Waals surface area contributed by atoms with Crippen molar-refractivity contribution in [1.82, 2.24) is 14.5 Å². The molecule has 2 aromatic heterocycles. The summed E-state index contributed by atoms with van der Waals surface area (Å²) in [6, 6.07) is 2.51. The minimum atomic E-state index is -3.87. The maximum atomic E-state index is 13.9. The summed E-state index contributed by atoms with van der Waals surface area (Å²) in [6.07, 6.45) is 5.08. The summed E-state index contributed by atoms with van der Waals surface area (Å²) < 4.78 is 54.1. The van der Waals surface area contributed by atoms with Gasteiger partial charge in [0, 0.05) is 25.2 Å². The molecule has 1 aliphatic rings. The molecule has 1 saturated carbocycles. The van der Waals surface area contributed by atoms with Crippen LogP contribution in [-0.4, -0.2) is 28.7 Å². The largest absolute Gasteiger partial charge is 0.382 e. The van der Waals surface area contributed by atoms with Crippen molar-refractivity contribution >= 4 is 26.7 Å². The molecule has 154 valence electrons. The lowest BCUT2D eigenvalue weighted by atomic mass is 10.2. The average Bonchev–Trinajstić information content (AvgIpc) is 3.38. The number of hydrogen-bond donors (Lipinski definition) is 1. The van der Waals surface area contributed by atoms with Crippen LogP contribution >= 0.6 is 0 Å².